The average molecular weight is 302 g/mol. The van der Waals surface area contributed by atoms with Gasteiger partial charge in [-0.25, -0.2) is 0 Å². The van der Waals surface area contributed by atoms with Crippen molar-refractivity contribution in [2.24, 2.45) is 0 Å². The standard InChI is InChI=1S/C12H13Cl2N3S/c1-2-15-11(12-7-18-17-16-12)6-8-9(13)4-3-5-10(8)14/h3-5,7,11,15H,2,6H2,1H3. The summed E-state index contributed by atoms with van der Waals surface area (Å²) >= 11 is 13.7. The van der Waals surface area contributed by atoms with Crippen LogP contribution in [0.3, 0.4) is 0 Å². The summed E-state index contributed by atoms with van der Waals surface area (Å²) in [6.45, 7) is 2.91. The molecule has 0 aliphatic rings. The highest BCUT2D eigenvalue weighted by Crippen LogP contribution is 2.29. The molecule has 96 valence electrons. The zero-order chi connectivity index (χ0) is 13.0. The lowest BCUT2D eigenvalue weighted by Gasteiger charge is -2.17. The van der Waals surface area contributed by atoms with Crippen LogP contribution in [0.2, 0.25) is 10.0 Å². The van der Waals surface area contributed by atoms with Gasteiger partial charge in [0, 0.05) is 15.4 Å². The maximum Gasteiger partial charge on any atom is 0.0928 e. The lowest BCUT2D eigenvalue weighted by molar-refractivity contribution is 0.535. The van der Waals surface area contributed by atoms with Crippen LogP contribution in [-0.2, 0) is 6.42 Å². The minimum atomic E-state index is 0.0890. The van der Waals surface area contributed by atoms with Crippen LogP contribution < -0.4 is 5.32 Å². The highest BCUT2D eigenvalue weighted by molar-refractivity contribution is 7.03. The Kier molecular flexibility index (Phi) is 4.95. The molecule has 1 N–H and O–H groups in total. The molecule has 1 aromatic heterocycles. The number of nitrogens with zero attached hydrogens (tertiary/aromatic N) is 2. The zero-order valence-electron chi connectivity index (χ0n) is 9.86. The van der Waals surface area contributed by atoms with Crippen LogP contribution in [0.5, 0.6) is 0 Å². The summed E-state index contributed by atoms with van der Waals surface area (Å²) in [4.78, 5) is 0. The van der Waals surface area contributed by atoms with Gasteiger partial charge in [-0.2, -0.15) is 0 Å². The van der Waals surface area contributed by atoms with Gasteiger partial charge in [-0.05, 0) is 42.2 Å². The number of benzene rings is 1. The van der Waals surface area contributed by atoms with Gasteiger partial charge in [-0.1, -0.05) is 40.7 Å². The van der Waals surface area contributed by atoms with Gasteiger partial charge in [0.15, 0.2) is 0 Å². The van der Waals surface area contributed by atoms with Crippen molar-refractivity contribution in [3.63, 3.8) is 0 Å². The van der Waals surface area contributed by atoms with Crippen molar-refractivity contribution in [3.8, 4) is 0 Å². The third-order valence-electron chi connectivity index (χ3n) is 2.65. The van der Waals surface area contributed by atoms with Crippen molar-refractivity contribution in [3.05, 3.63) is 44.9 Å². The molecule has 1 atom stereocenters. The summed E-state index contributed by atoms with van der Waals surface area (Å²) in [5.74, 6) is 0. The molecule has 2 rings (SSSR count). The second kappa shape index (κ2) is 6.48. The molecule has 18 heavy (non-hydrogen) atoms. The van der Waals surface area contributed by atoms with Gasteiger partial charge in [0.25, 0.3) is 0 Å². The molecule has 0 saturated carbocycles. The largest absolute Gasteiger partial charge is 0.309 e. The van der Waals surface area contributed by atoms with Gasteiger partial charge in [-0.3, -0.25) is 0 Å². The molecule has 1 heterocycles. The van der Waals surface area contributed by atoms with E-state index in [4.69, 9.17) is 23.2 Å². The van der Waals surface area contributed by atoms with Gasteiger partial charge < -0.3 is 5.32 Å². The Hall–Kier alpha value is -0.680. The number of halogens is 2. The predicted octanol–water partition coefficient (Wildman–Crippen LogP) is 3.74. The number of nitrogens with one attached hydrogen (secondary N) is 1. The van der Waals surface area contributed by atoms with E-state index in [9.17, 15) is 0 Å². The van der Waals surface area contributed by atoms with E-state index in [2.05, 4.69) is 21.8 Å². The maximum absolute atomic E-state index is 6.19. The van der Waals surface area contributed by atoms with Crippen LogP contribution in [0.4, 0.5) is 0 Å². The molecule has 1 aromatic carbocycles. The van der Waals surface area contributed by atoms with E-state index in [1.807, 2.05) is 23.6 Å². The zero-order valence-corrected chi connectivity index (χ0v) is 12.2. The van der Waals surface area contributed by atoms with Crippen molar-refractivity contribution < 1.29 is 0 Å². The van der Waals surface area contributed by atoms with Crippen molar-refractivity contribution >= 4 is 34.7 Å². The van der Waals surface area contributed by atoms with E-state index in [0.29, 0.717) is 16.5 Å². The summed E-state index contributed by atoms with van der Waals surface area (Å²) < 4.78 is 3.90. The van der Waals surface area contributed by atoms with Crippen LogP contribution in [-0.4, -0.2) is 16.1 Å². The Morgan fingerprint density at radius 2 is 2.06 bits per heavy atom. The summed E-state index contributed by atoms with van der Waals surface area (Å²) in [5, 5.41) is 10.8. The lowest BCUT2D eigenvalue weighted by atomic mass is 10.0. The number of hydrogen-bond acceptors (Lipinski definition) is 4. The lowest BCUT2D eigenvalue weighted by Crippen LogP contribution is -2.23. The first-order chi connectivity index (χ1) is 8.72. The molecule has 2 aromatic rings. The van der Waals surface area contributed by atoms with E-state index >= 15 is 0 Å². The predicted molar refractivity (Wildman–Crippen MR) is 76.5 cm³/mol. The van der Waals surface area contributed by atoms with Gasteiger partial charge in [0.2, 0.25) is 0 Å². The van der Waals surface area contributed by atoms with Gasteiger partial charge in [0.1, 0.15) is 0 Å². The van der Waals surface area contributed by atoms with Crippen LogP contribution in [0.15, 0.2) is 23.6 Å². The fourth-order valence-corrected chi connectivity index (χ4v) is 2.84. The molecule has 1 unspecified atom stereocenters. The SMILES string of the molecule is CCNC(Cc1c(Cl)cccc1Cl)c1csnn1. The molecule has 6 heteroatoms. The quantitative estimate of drug-likeness (QED) is 0.914. The topological polar surface area (TPSA) is 37.8 Å². The van der Waals surface area contributed by atoms with Gasteiger partial charge in [-0.15, -0.1) is 5.10 Å². The Labute approximate surface area is 120 Å². The highest BCUT2D eigenvalue weighted by atomic mass is 35.5. The van der Waals surface area contributed by atoms with Crippen LogP contribution in [0, 0.1) is 0 Å². The number of hydrogen-bond donors (Lipinski definition) is 1. The van der Waals surface area contributed by atoms with E-state index in [1.165, 1.54) is 11.5 Å². The smallest absolute Gasteiger partial charge is 0.0928 e. The summed E-state index contributed by atoms with van der Waals surface area (Å²) in [6.07, 6.45) is 0.706. The van der Waals surface area contributed by atoms with E-state index < -0.39 is 0 Å². The first-order valence-electron chi connectivity index (χ1n) is 5.65. The highest BCUT2D eigenvalue weighted by Gasteiger charge is 2.17. The Morgan fingerprint density at radius 1 is 1.33 bits per heavy atom. The Balaban J connectivity index is 2.24. The van der Waals surface area contributed by atoms with Crippen LogP contribution in [0.1, 0.15) is 24.2 Å². The summed E-state index contributed by atoms with van der Waals surface area (Å²) in [5.41, 5.74) is 1.87. The molecule has 0 radical (unpaired) electrons. The number of likely N-dealkylation sites (N-methyl/N-ethyl adjacent to an activating group) is 1. The van der Waals surface area contributed by atoms with Gasteiger partial charge >= 0.3 is 0 Å². The molecular formula is C12H13Cl2N3S. The van der Waals surface area contributed by atoms with Crippen molar-refractivity contribution in [1.82, 2.24) is 14.9 Å². The third-order valence-corrected chi connectivity index (χ3v) is 3.89. The maximum atomic E-state index is 6.19. The second-order valence-electron chi connectivity index (χ2n) is 3.84. The second-order valence-corrected chi connectivity index (χ2v) is 5.27. The van der Waals surface area contributed by atoms with Crippen LogP contribution in [0.25, 0.3) is 0 Å². The number of rotatable bonds is 5. The van der Waals surface area contributed by atoms with E-state index in [0.717, 1.165) is 17.8 Å². The molecule has 0 fully saturated rings. The van der Waals surface area contributed by atoms with Crippen molar-refractivity contribution in [2.75, 3.05) is 6.54 Å². The fraction of sp³-hybridized carbons (Fsp3) is 0.333. The molecular weight excluding hydrogens is 289 g/mol. The Bertz CT molecular complexity index is 482. The molecule has 0 aliphatic heterocycles. The summed E-state index contributed by atoms with van der Waals surface area (Å²) in [7, 11) is 0. The van der Waals surface area contributed by atoms with Crippen molar-refractivity contribution in [2.45, 2.75) is 19.4 Å². The minimum Gasteiger partial charge on any atom is -0.309 e. The molecule has 0 amide bonds. The number of aromatic nitrogens is 2. The van der Waals surface area contributed by atoms with E-state index in [1.54, 1.807) is 0 Å². The molecule has 3 nitrogen and oxygen atoms in total. The fourth-order valence-electron chi connectivity index (χ4n) is 1.78. The van der Waals surface area contributed by atoms with Crippen molar-refractivity contribution in [1.29, 1.82) is 0 Å². The monoisotopic (exact) mass is 301 g/mol. The minimum absolute atomic E-state index is 0.0890. The first-order valence-corrected chi connectivity index (χ1v) is 7.24. The average Bonchev–Trinajstić information content (AvgIpc) is 2.86. The van der Waals surface area contributed by atoms with E-state index in [-0.39, 0.29) is 6.04 Å². The summed E-state index contributed by atoms with van der Waals surface area (Å²) in [6, 6.07) is 5.64. The van der Waals surface area contributed by atoms with Gasteiger partial charge in [0.05, 0.1) is 11.7 Å². The molecule has 0 saturated heterocycles. The third kappa shape index (κ3) is 3.20. The molecule has 0 spiro atoms. The Morgan fingerprint density at radius 3 is 2.61 bits per heavy atom. The molecule has 0 bridgehead atoms. The first kappa shape index (κ1) is 13.7. The van der Waals surface area contributed by atoms with Crippen LogP contribution >= 0.6 is 34.7 Å². The molecule has 0 aliphatic carbocycles. The normalized spacial score (nSPS) is 12.6.